The molecule has 1 atom stereocenters. The summed E-state index contributed by atoms with van der Waals surface area (Å²) in [6, 6.07) is 14.8. The van der Waals surface area contributed by atoms with Crippen molar-refractivity contribution in [1.29, 1.82) is 0 Å². The Labute approximate surface area is 144 Å². The summed E-state index contributed by atoms with van der Waals surface area (Å²) < 4.78 is 39.1. The second-order valence-electron chi connectivity index (χ2n) is 6.08. The van der Waals surface area contributed by atoms with Crippen molar-refractivity contribution < 1.29 is 18.0 Å². The Morgan fingerprint density at radius 1 is 1.08 bits per heavy atom. The number of anilines is 1. The minimum absolute atomic E-state index is 0.0874. The van der Waals surface area contributed by atoms with E-state index >= 15 is 0 Å². The van der Waals surface area contributed by atoms with Crippen LogP contribution in [0.4, 0.5) is 18.9 Å². The number of hydrogen-bond acceptors (Lipinski definition) is 2. The highest BCUT2D eigenvalue weighted by Crippen LogP contribution is 2.32. The Bertz CT molecular complexity index is 731. The van der Waals surface area contributed by atoms with Gasteiger partial charge in [-0.1, -0.05) is 30.3 Å². The van der Waals surface area contributed by atoms with Crippen molar-refractivity contribution in [1.82, 2.24) is 5.32 Å². The highest BCUT2D eigenvalue weighted by atomic mass is 19.4. The van der Waals surface area contributed by atoms with Crippen molar-refractivity contribution >= 4 is 11.6 Å². The molecule has 3 nitrogen and oxygen atoms in total. The molecule has 2 aromatic carbocycles. The molecule has 0 unspecified atom stereocenters. The van der Waals surface area contributed by atoms with E-state index in [1.807, 2.05) is 30.3 Å². The van der Waals surface area contributed by atoms with Crippen molar-refractivity contribution in [2.75, 3.05) is 18.0 Å². The Kier molecular flexibility index (Phi) is 4.97. The normalized spacial score (nSPS) is 17.6. The number of carbonyl (C=O) groups is 1. The second kappa shape index (κ2) is 7.17. The van der Waals surface area contributed by atoms with Crippen LogP contribution in [0, 0.1) is 0 Å². The summed E-state index contributed by atoms with van der Waals surface area (Å²) in [5, 5.41) is 2.67. The van der Waals surface area contributed by atoms with Gasteiger partial charge < -0.3 is 10.2 Å². The van der Waals surface area contributed by atoms with Gasteiger partial charge in [-0.05, 0) is 37.1 Å². The maximum Gasteiger partial charge on any atom is 0.417 e. The maximum atomic E-state index is 13.0. The van der Waals surface area contributed by atoms with Crippen LogP contribution in [0.1, 0.15) is 28.8 Å². The summed E-state index contributed by atoms with van der Waals surface area (Å²) in [5.74, 6) is -0.687. The molecule has 0 bridgehead atoms. The lowest BCUT2D eigenvalue weighted by Crippen LogP contribution is -2.40. The largest absolute Gasteiger partial charge is 0.417 e. The van der Waals surface area contributed by atoms with E-state index in [9.17, 15) is 18.0 Å². The van der Waals surface area contributed by atoms with E-state index in [1.54, 1.807) is 0 Å². The standard InChI is InChI=1S/C19H19F3N2O/c20-19(21,22)17-11-5-4-10-16(17)18(25)23-13-15-9-6-12-24(15)14-7-2-1-3-8-14/h1-5,7-8,10-11,15H,6,9,12-13H2,(H,23,25)/t15-/m1/s1. The molecule has 6 heteroatoms. The molecule has 2 aromatic rings. The molecular formula is C19H19F3N2O. The molecule has 0 aliphatic carbocycles. The number of carbonyl (C=O) groups excluding carboxylic acids is 1. The van der Waals surface area contributed by atoms with E-state index in [4.69, 9.17) is 0 Å². The predicted molar refractivity (Wildman–Crippen MR) is 90.6 cm³/mol. The molecule has 1 fully saturated rings. The molecule has 0 radical (unpaired) electrons. The zero-order valence-electron chi connectivity index (χ0n) is 13.6. The first-order chi connectivity index (χ1) is 12.0. The molecule has 1 heterocycles. The molecule has 1 aliphatic rings. The summed E-state index contributed by atoms with van der Waals surface area (Å²) in [7, 11) is 0. The van der Waals surface area contributed by atoms with E-state index in [2.05, 4.69) is 10.2 Å². The lowest BCUT2D eigenvalue weighted by Gasteiger charge is -2.27. The third kappa shape index (κ3) is 3.95. The van der Waals surface area contributed by atoms with Gasteiger partial charge in [0.15, 0.2) is 0 Å². The van der Waals surface area contributed by atoms with Crippen molar-refractivity contribution in [2.24, 2.45) is 0 Å². The SMILES string of the molecule is O=C(NC[C@H]1CCCN1c1ccccc1)c1ccccc1C(F)(F)F. The molecule has 1 aliphatic heterocycles. The van der Waals surface area contributed by atoms with Crippen LogP contribution in [0.5, 0.6) is 0 Å². The number of hydrogen-bond donors (Lipinski definition) is 1. The monoisotopic (exact) mass is 348 g/mol. The molecule has 1 N–H and O–H groups in total. The van der Waals surface area contributed by atoms with E-state index in [0.717, 1.165) is 31.1 Å². The summed E-state index contributed by atoms with van der Waals surface area (Å²) in [6.07, 6.45) is -2.65. The average molecular weight is 348 g/mol. The maximum absolute atomic E-state index is 13.0. The lowest BCUT2D eigenvalue weighted by atomic mass is 10.1. The molecule has 0 saturated carbocycles. The third-order valence-electron chi connectivity index (χ3n) is 4.44. The number of nitrogens with one attached hydrogen (secondary N) is 1. The molecule has 132 valence electrons. The fourth-order valence-electron chi connectivity index (χ4n) is 3.24. The van der Waals surface area contributed by atoms with Gasteiger partial charge in [0, 0.05) is 24.8 Å². The fraction of sp³-hybridized carbons (Fsp3) is 0.316. The number of rotatable bonds is 4. The van der Waals surface area contributed by atoms with Crippen LogP contribution in [-0.4, -0.2) is 25.0 Å². The van der Waals surface area contributed by atoms with Crippen molar-refractivity contribution in [3.63, 3.8) is 0 Å². The van der Waals surface area contributed by atoms with Gasteiger partial charge >= 0.3 is 6.18 Å². The molecule has 1 saturated heterocycles. The number of para-hydroxylation sites is 1. The van der Waals surface area contributed by atoms with Gasteiger partial charge in [-0.2, -0.15) is 13.2 Å². The summed E-state index contributed by atoms with van der Waals surface area (Å²) in [5.41, 5.74) is -0.173. The van der Waals surface area contributed by atoms with Gasteiger partial charge in [-0.15, -0.1) is 0 Å². The zero-order valence-corrected chi connectivity index (χ0v) is 13.6. The van der Waals surface area contributed by atoms with E-state index < -0.39 is 17.6 Å². The quantitative estimate of drug-likeness (QED) is 0.902. The first-order valence-corrected chi connectivity index (χ1v) is 8.23. The summed E-state index contributed by atoms with van der Waals surface area (Å²) in [6.45, 7) is 1.20. The van der Waals surface area contributed by atoms with Crippen molar-refractivity contribution in [3.05, 3.63) is 65.7 Å². The Hall–Kier alpha value is -2.50. The van der Waals surface area contributed by atoms with Crippen LogP contribution in [0.25, 0.3) is 0 Å². The Morgan fingerprint density at radius 3 is 2.48 bits per heavy atom. The predicted octanol–water partition coefficient (Wildman–Crippen LogP) is 4.10. The summed E-state index contributed by atoms with van der Waals surface area (Å²) in [4.78, 5) is 14.5. The van der Waals surface area contributed by atoms with E-state index in [1.165, 1.54) is 18.2 Å². The smallest absolute Gasteiger partial charge is 0.367 e. The Morgan fingerprint density at radius 2 is 1.76 bits per heavy atom. The minimum Gasteiger partial charge on any atom is -0.367 e. The molecular weight excluding hydrogens is 329 g/mol. The van der Waals surface area contributed by atoms with Crippen LogP contribution in [0.3, 0.4) is 0 Å². The Balaban J connectivity index is 1.69. The van der Waals surface area contributed by atoms with Crippen LogP contribution in [0.2, 0.25) is 0 Å². The zero-order chi connectivity index (χ0) is 17.9. The van der Waals surface area contributed by atoms with Crippen LogP contribution in [0.15, 0.2) is 54.6 Å². The topological polar surface area (TPSA) is 32.3 Å². The van der Waals surface area contributed by atoms with Gasteiger partial charge in [0.25, 0.3) is 5.91 Å². The molecule has 25 heavy (non-hydrogen) atoms. The fourth-order valence-corrected chi connectivity index (χ4v) is 3.24. The van der Waals surface area contributed by atoms with Crippen LogP contribution < -0.4 is 10.2 Å². The van der Waals surface area contributed by atoms with Crippen molar-refractivity contribution in [2.45, 2.75) is 25.1 Å². The van der Waals surface area contributed by atoms with Crippen molar-refractivity contribution in [3.8, 4) is 0 Å². The molecule has 0 spiro atoms. The number of amides is 1. The highest BCUT2D eigenvalue weighted by molar-refractivity contribution is 5.95. The molecule has 3 rings (SSSR count). The third-order valence-corrected chi connectivity index (χ3v) is 4.44. The lowest BCUT2D eigenvalue weighted by molar-refractivity contribution is -0.137. The first kappa shape index (κ1) is 17.3. The second-order valence-corrected chi connectivity index (χ2v) is 6.08. The summed E-state index contributed by atoms with van der Waals surface area (Å²) >= 11 is 0. The number of halogens is 3. The number of benzene rings is 2. The van der Waals surface area contributed by atoms with Crippen LogP contribution in [-0.2, 0) is 6.18 Å². The van der Waals surface area contributed by atoms with Crippen LogP contribution >= 0.6 is 0 Å². The average Bonchev–Trinajstić information content (AvgIpc) is 3.08. The van der Waals surface area contributed by atoms with E-state index in [0.29, 0.717) is 6.54 Å². The number of alkyl halides is 3. The first-order valence-electron chi connectivity index (χ1n) is 8.23. The van der Waals surface area contributed by atoms with E-state index in [-0.39, 0.29) is 11.6 Å². The van der Waals surface area contributed by atoms with Gasteiger partial charge in [0.05, 0.1) is 11.1 Å². The van der Waals surface area contributed by atoms with Gasteiger partial charge in [0.1, 0.15) is 0 Å². The highest BCUT2D eigenvalue weighted by Gasteiger charge is 2.35. The molecule has 1 amide bonds. The molecule has 0 aromatic heterocycles. The van der Waals surface area contributed by atoms with Gasteiger partial charge in [0.2, 0.25) is 0 Å². The number of nitrogens with zero attached hydrogens (tertiary/aromatic N) is 1. The van der Waals surface area contributed by atoms with Gasteiger partial charge in [-0.25, -0.2) is 0 Å². The van der Waals surface area contributed by atoms with Gasteiger partial charge in [-0.3, -0.25) is 4.79 Å². The minimum atomic E-state index is -4.54.